The number of rotatable bonds is 8. The number of fused-ring (bicyclic) bond motifs is 32. The van der Waals surface area contributed by atoms with Crippen LogP contribution < -0.4 is 0 Å². The summed E-state index contributed by atoms with van der Waals surface area (Å²) in [6.07, 6.45) is 0. The number of benzene rings is 22. The quantitative estimate of drug-likeness (QED) is 0.142. The molecule has 30 rings (SSSR count). The molecule has 0 N–H and O–H groups in total. The molecular weight excluding hydrogens is 1640 g/mol. The standard InChI is InChI=1S/2C63H36O2S/c1-3-17-37(18-4-1)63(38-19-5-2-6-20-38)49-31-13-11-25-43(49)57-50(63)33-34-51-58(57)47-29-15-27-45(61(47)64-51)55-39-21-7-9-23-41(39)56(42-24-10-8-22-40(42)55)46-28-16-30-48-59-52(65-62(46)48)35-36-54-60(59)44-26-12-14-32-53(44)66-54;1-3-16-38(17-4-1)63(39-18-5-2-6-19-39)49-28-13-11-24-44(49)58-50(63)32-33-52-60(58)48-27-15-26-47(62(48)65-52)57-42-22-9-7-20-40(42)56(41-21-8-10-23-43(41)57)37-30-31-45-53(36-37)64-51-34-35-55-61(59(45)51)46-25-12-14-29-54(46)66-55/h2*1-36H. The second-order valence-corrected chi connectivity index (χ2v) is 37.6. The lowest BCUT2D eigenvalue weighted by Crippen LogP contribution is -2.28. The molecule has 0 spiro atoms. The van der Waals surface area contributed by atoms with Gasteiger partial charge < -0.3 is 17.7 Å². The second kappa shape index (κ2) is 28.0. The van der Waals surface area contributed by atoms with Crippen LogP contribution in [0.25, 0.3) is 238 Å². The van der Waals surface area contributed by atoms with E-state index in [0.717, 1.165) is 105 Å². The summed E-state index contributed by atoms with van der Waals surface area (Å²) in [5.74, 6) is 0. The smallest absolute Gasteiger partial charge is 0.143 e. The highest BCUT2D eigenvalue weighted by Crippen LogP contribution is 2.63. The summed E-state index contributed by atoms with van der Waals surface area (Å²) in [7, 11) is 0. The Hall–Kier alpha value is -16.5. The fourth-order valence-corrected chi connectivity index (χ4v) is 26.2. The average molecular weight is 1710 g/mol. The van der Waals surface area contributed by atoms with Crippen molar-refractivity contribution in [2.45, 2.75) is 10.8 Å². The van der Waals surface area contributed by atoms with Crippen LogP contribution in [0.3, 0.4) is 0 Å². The molecule has 0 amide bonds. The highest BCUT2D eigenvalue weighted by molar-refractivity contribution is 7.26. The lowest BCUT2D eigenvalue weighted by atomic mass is 9.67. The van der Waals surface area contributed by atoms with Gasteiger partial charge in [-0.2, -0.15) is 0 Å². The van der Waals surface area contributed by atoms with E-state index in [1.807, 2.05) is 22.7 Å². The Labute approximate surface area is 764 Å². The third-order valence-electron chi connectivity index (χ3n) is 29.1. The maximum Gasteiger partial charge on any atom is 0.143 e. The third-order valence-corrected chi connectivity index (χ3v) is 31.4. The maximum absolute atomic E-state index is 7.21. The molecule has 28 aromatic rings. The van der Waals surface area contributed by atoms with E-state index < -0.39 is 10.8 Å². The maximum atomic E-state index is 7.21. The molecule has 0 saturated heterocycles. The van der Waals surface area contributed by atoms with E-state index in [1.54, 1.807) is 0 Å². The van der Waals surface area contributed by atoms with Gasteiger partial charge in [0.15, 0.2) is 0 Å². The van der Waals surface area contributed by atoms with Crippen LogP contribution in [-0.4, -0.2) is 0 Å². The molecule has 6 aromatic heterocycles. The zero-order valence-corrected chi connectivity index (χ0v) is 72.7. The molecule has 0 bridgehead atoms. The number of para-hydroxylation sites is 3. The van der Waals surface area contributed by atoms with Crippen molar-refractivity contribution in [2.75, 3.05) is 0 Å². The highest BCUT2D eigenvalue weighted by atomic mass is 32.1. The molecular formula is C126H72O4S2. The largest absolute Gasteiger partial charge is 0.456 e. The van der Waals surface area contributed by atoms with Gasteiger partial charge in [-0.1, -0.05) is 376 Å². The van der Waals surface area contributed by atoms with Crippen LogP contribution in [-0.2, 0) is 10.8 Å². The molecule has 0 aliphatic heterocycles. The first kappa shape index (κ1) is 73.6. The molecule has 132 heavy (non-hydrogen) atoms. The molecule has 22 aromatic carbocycles. The van der Waals surface area contributed by atoms with Crippen LogP contribution in [0, 0.1) is 0 Å². The van der Waals surface area contributed by atoms with Gasteiger partial charge in [-0.15, -0.1) is 22.7 Å². The van der Waals surface area contributed by atoms with E-state index in [-0.39, 0.29) is 0 Å². The molecule has 0 unspecified atom stereocenters. The Kier molecular flexibility index (Phi) is 15.6. The van der Waals surface area contributed by atoms with Crippen molar-refractivity contribution in [2.24, 2.45) is 0 Å². The topological polar surface area (TPSA) is 52.6 Å². The van der Waals surface area contributed by atoms with Gasteiger partial charge in [-0.05, 0) is 182 Å². The number of furan rings is 4. The molecule has 0 saturated carbocycles. The molecule has 612 valence electrons. The fraction of sp³-hybridized carbons (Fsp3) is 0.0159. The fourth-order valence-electron chi connectivity index (χ4n) is 24.0. The van der Waals surface area contributed by atoms with Gasteiger partial charge in [0.2, 0.25) is 0 Å². The monoisotopic (exact) mass is 1710 g/mol. The lowest BCUT2D eigenvalue weighted by molar-refractivity contribution is 0.669. The summed E-state index contributed by atoms with van der Waals surface area (Å²) in [4.78, 5) is 0. The van der Waals surface area contributed by atoms with Crippen LogP contribution in [0.4, 0.5) is 0 Å². The molecule has 0 atom stereocenters. The van der Waals surface area contributed by atoms with E-state index in [9.17, 15) is 0 Å². The minimum atomic E-state index is -0.502. The molecule has 2 aliphatic carbocycles. The molecule has 0 radical (unpaired) electrons. The average Bonchev–Trinajstić information content (AvgIpc) is 1.52. The minimum Gasteiger partial charge on any atom is -0.456 e. The Morgan fingerprint density at radius 2 is 0.455 bits per heavy atom. The SMILES string of the molecule is c1ccc(C2(c3ccccc3)c3ccccc3-c3c2ccc2oc4c(-c5c6ccccc6c(-c6ccc7c(c6)oc6ccc8sc9ccccc9c8c67)c6ccccc56)cccc4c32)cc1.c1ccc(C2(c3ccccc3)c3ccccc3-c3c2ccc2oc4c(-c5c6ccccc6c(-c6cccc7c6oc6ccc8sc9ccccc9c8c67)c6ccccc56)cccc4c32)cc1. The van der Waals surface area contributed by atoms with Crippen LogP contribution >= 0.6 is 22.7 Å². The Morgan fingerprint density at radius 1 is 0.159 bits per heavy atom. The van der Waals surface area contributed by atoms with E-state index >= 15 is 0 Å². The third kappa shape index (κ3) is 10.0. The van der Waals surface area contributed by atoms with E-state index in [2.05, 4.69) is 437 Å². The normalized spacial score (nSPS) is 13.3. The van der Waals surface area contributed by atoms with Gasteiger partial charge in [0.25, 0.3) is 0 Å². The first-order valence-electron chi connectivity index (χ1n) is 45.3. The van der Waals surface area contributed by atoms with Crippen molar-refractivity contribution >= 4 is 194 Å². The summed E-state index contributed by atoms with van der Waals surface area (Å²) < 4.78 is 33.3. The van der Waals surface area contributed by atoms with Gasteiger partial charge in [0, 0.05) is 117 Å². The van der Waals surface area contributed by atoms with Crippen molar-refractivity contribution in [1.82, 2.24) is 0 Å². The van der Waals surface area contributed by atoms with Gasteiger partial charge >= 0.3 is 0 Å². The van der Waals surface area contributed by atoms with Crippen molar-refractivity contribution in [3.05, 3.63) is 481 Å². The van der Waals surface area contributed by atoms with Gasteiger partial charge in [-0.3, -0.25) is 0 Å². The minimum absolute atomic E-state index is 0.498. The summed E-state index contributed by atoms with van der Waals surface area (Å²) in [5, 5.41) is 23.7. The van der Waals surface area contributed by atoms with Crippen LogP contribution in [0.2, 0.25) is 0 Å². The van der Waals surface area contributed by atoms with Crippen LogP contribution in [0.5, 0.6) is 0 Å². The molecule has 2 aliphatic rings. The van der Waals surface area contributed by atoms with Gasteiger partial charge in [0.05, 0.1) is 10.8 Å². The van der Waals surface area contributed by atoms with Crippen molar-refractivity contribution in [3.8, 4) is 66.8 Å². The summed E-state index contributed by atoms with van der Waals surface area (Å²) in [6, 6.07) is 160. The highest BCUT2D eigenvalue weighted by Gasteiger charge is 2.49. The molecule has 6 heterocycles. The van der Waals surface area contributed by atoms with Gasteiger partial charge in [-0.25, -0.2) is 0 Å². The van der Waals surface area contributed by atoms with Crippen molar-refractivity contribution in [3.63, 3.8) is 0 Å². The predicted molar refractivity (Wildman–Crippen MR) is 554 cm³/mol. The van der Waals surface area contributed by atoms with E-state index in [4.69, 9.17) is 17.7 Å². The predicted octanol–water partition coefficient (Wildman–Crippen LogP) is 35.7. The number of thiophene rings is 2. The van der Waals surface area contributed by atoms with Gasteiger partial charge in [0.1, 0.15) is 44.7 Å². The van der Waals surface area contributed by atoms with Crippen molar-refractivity contribution < 1.29 is 17.7 Å². The molecule has 4 nitrogen and oxygen atoms in total. The second-order valence-electron chi connectivity index (χ2n) is 35.4. The number of hydrogen-bond acceptors (Lipinski definition) is 6. The van der Waals surface area contributed by atoms with Crippen LogP contribution in [0.1, 0.15) is 44.5 Å². The first-order valence-corrected chi connectivity index (χ1v) is 47.0. The van der Waals surface area contributed by atoms with Crippen molar-refractivity contribution in [1.29, 1.82) is 0 Å². The Balaban J connectivity index is 0.000000129. The molecule has 6 heteroatoms. The summed E-state index contributed by atoms with van der Waals surface area (Å²) in [5.41, 5.74) is 30.4. The lowest BCUT2D eigenvalue weighted by Gasteiger charge is -2.33. The number of hydrogen-bond donors (Lipinski definition) is 0. The van der Waals surface area contributed by atoms with E-state index in [1.165, 1.54) is 178 Å². The first-order chi connectivity index (χ1) is 65.5. The van der Waals surface area contributed by atoms with Crippen LogP contribution in [0.15, 0.2) is 454 Å². The summed E-state index contributed by atoms with van der Waals surface area (Å²) >= 11 is 3.69. The summed E-state index contributed by atoms with van der Waals surface area (Å²) in [6.45, 7) is 0. The molecule has 0 fully saturated rings. The Morgan fingerprint density at radius 3 is 0.848 bits per heavy atom. The van der Waals surface area contributed by atoms with E-state index in [0.29, 0.717) is 0 Å². The Bertz CT molecular complexity index is 9610. The zero-order valence-electron chi connectivity index (χ0n) is 71.0. The zero-order chi connectivity index (χ0) is 86.2.